The monoisotopic (exact) mass is 478 g/mol. The molecule has 0 N–H and O–H groups in total. The lowest BCUT2D eigenvalue weighted by atomic mass is 9.96. The number of hydrogen-bond donors (Lipinski definition) is 0. The first kappa shape index (κ1) is 22.8. The van der Waals surface area contributed by atoms with Crippen molar-refractivity contribution in [2.75, 3.05) is 39.3 Å². The molecule has 0 bridgehead atoms. The number of amides is 1. The van der Waals surface area contributed by atoms with E-state index in [4.69, 9.17) is 0 Å². The highest BCUT2D eigenvalue weighted by Gasteiger charge is 2.36. The van der Waals surface area contributed by atoms with Gasteiger partial charge in [-0.15, -0.1) is 0 Å². The van der Waals surface area contributed by atoms with Crippen LogP contribution in [0.25, 0.3) is 0 Å². The van der Waals surface area contributed by atoms with Crippen molar-refractivity contribution in [1.29, 1.82) is 0 Å². The van der Waals surface area contributed by atoms with Crippen LogP contribution in [0.2, 0.25) is 0 Å². The number of piperidine rings is 1. The highest BCUT2D eigenvalue weighted by atomic mass is 32.2. The molecule has 0 radical (unpaired) electrons. The van der Waals surface area contributed by atoms with E-state index < -0.39 is 20.0 Å². The molecule has 0 atom stereocenters. The van der Waals surface area contributed by atoms with E-state index in [-0.39, 0.29) is 47.8 Å². The Morgan fingerprint density at radius 2 is 1.31 bits per heavy atom. The maximum Gasteiger partial charge on any atom is 0.244 e. The number of aromatic nitrogens is 1. The summed E-state index contributed by atoms with van der Waals surface area (Å²) >= 11 is 0. The summed E-state index contributed by atoms with van der Waals surface area (Å²) < 4.78 is 53.8. The van der Waals surface area contributed by atoms with Gasteiger partial charge in [-0.1, -0.05) is 18.2 Å². The minimum absolute atomic E-state index is 0.0276. The van der Waals surface area contributed by atoms with Crippen LogP contribution in [0, 0.1) is 5.92 Å². The number of carbonyl (C=O) groups excluding carboxylic acids is 1. The Kier molecular flexibility index (Phi) is 6.61. The Morgan fingerprint density at radius 3 is 1.91 bits per heavy atom. The second-order valence-electron chi connectivity index (χ2n) is 7.91. The Balaban J connectivity index is 1.32. The zero-order valence-corrected chi connectivity index (χ0v) is 19.2. The maximum absolute atomic E-state index is 13.0. The quantitative estimate of drug-likeness (QED) is 0.635. The molecule has 2 fully saturated rings. The SMILES string of the molecule is O=C(C1CCN(S(=O)(=O)c2cccnc2)CC1)N1CCN(S(=O)(=O)c2ccccc2)CC1. The van der Waals surface area contributed by atoms with Crippen molar-refractivity contribution in [1.82, 2.24) is 18.5 Å². The van der Waals surface area contributed by atoms with E-state index in [0.717, 1.165) is 0 Å². The van der Waals surface area contributed by atoms with Crippen LogP contribution in [-0.2, 0) is 24.8 Å². The number of nitrogens with zero attached hydrogens (tertiary/aromatic N) is 4. The molecule has 3 heterocycles. The fraction of sp³-hybridized carbons (Fsp3) is 0.429. The van der Waals surface area contributed by atoms with Gasteiger partial charge in [-0.25, -0.2) is 16.8 Å². The van der Waals surface area contributed by atoms with E-state index in [1.165, 1.54) is 27.1 Å². The molecule has 2 aliphatic rings. The van der Waals surface area contributed by atoms with Crippen LogP contribution in [0.1, 0.15) is 12.8 Å². The molecule has 2 aliphatic heterocycles. The van der Waals surface area contributed by atoms with Gasteiger partial charge in [0.15, 0.2) is 0 Å². The van der Waals surface area contributed by atoms with Crippen molar-refractivity contribution < 1.29 is 21.6 Å². The molecule has 4 rings (SSSR count). The van der Waals surface area contributed by atoms with Gasteiger partial charge in [0.2, 0.25) is 26.0 Å². The number of sulfonamides is 2. The first-order valence-corrected chi connectivity index (χ1v) is 13.4. The molecular weight excluding hydrogens is 452 g/mol. The zero-order chi connectivity index (χ0) is 22.8. The van der Waals surface area contributed by atoms with Gasteiger partial charge in [-0.3, -0.25) is 9.78 Å². The van der Waals surface area contributed by atoms with E-state index >= 15 is 0 Å². The standard InChI is InChI=1S/C21H26N4O5S2/c26-21(18-8-11-24(12-9-18)32(29,30)20-7-4-10-22-17-20)23-13-15-25(16-14-23)31(27,28)19-5-2-1-3-6-19/h1-7,10,17-18H,8-9,11-16H2. The topological polar surface area (TPSA) is 108 Å². The van der Waals surface area contributed by atoms with E-state index in [2.05, 4.69) is 4.98 Å². The molecule has 1 aromatic carbocycles. The van der Waals surface area contributed by atoms with Crippen LogP contribution in [0.15, 0.2) is 64.6 Å². The van der Waals surface area contributed by atoms with E-state index in [0.29, 0.717) is 25.9 Å². The average Bonchev–Trinajstić information content (AvgIpc) is 2.85. The van der Waals surface area contributed by atoms with Gasteiger partial charge in [0.25, 0.3) is 0 Å². The summed E-state index contributed by atoms with van der Waals surface area (Å²) in [6, 6.07) is 11.4. The number of rotatable bonds is 5. The fourth-order valence-corrected chi connectivity index (χ4v) is 7.02. The van der Waals surface area contributed by atoms with Gasteiger partial charge >= 0.3 is 0 Å². The molecule has 11 heteroatoms. The van der Waals surface area contributed by atoms with Gasteiger partial charge in [-0.05, 0) is 37.1 Å². The van der Waals surface area contributed by atoms with E-state index in [1.54, 1.807) is 41.3 Å². The molecule has 172 valence electrons. The summed E-state index contributed by atoms with van der Waals surface area (Å²) in [6.07, 6.45) is 3.74. The first-order chi connectivity index (χ1) is 15.3. The highest BCUT2D eigenvalue weighted by molar-refractivity contribution is 7.89. The molecule has 2 aromatic rings. The third kappa shape index (κ3) is 4.56. The van der Waals surface area contributed by atoms with Crippen molar-refractivity contribution >= 4 is 26.0 Å². The lowest BCUT2D eigenvalue weighted by Gasteiger charge is -2.37. The molecule has 0 aliphatic carbocycles. The van der Waals surface area contributed by atoms with Crippen LogP contribution < -0.4 is 0 Å². The van der Waals surface area contributed by atoms with Crippen molar-refractivity contribution in [3.8, 4) is 0 Å². The Morgan fingerprint density at radius 1 is 0.750 bits per heavy atom. The molecule has 0 saturated carbocycles. The Bertz CT molecular complexity index is 1050. The van der Waals surface area contributed by atoms with Crippen LogP contribution in [0.5, 0.6) is 0 Å². The summed E-state index contributed by atoms with van der Waals surface area (Å²) in [5, 5.41) is 0. The van der Waals surface area contributed by atoms with Crippen LogP contribution in [0.3, 0.4) is 0 Å². The minimum Gasteiger partial charge on any atom is -0.340 e. The summed E-state index contributed by atoms with van der Waals surface area (Å²) in [5.41, 5.74) is 0. The third-order valence-corrected chi connectivity index (χ3v) is 9.80. The average molecular weight is 479 g/mol. The molecule has 0 spiro atoms. The Hall–Kier alpha value is -2.34. The normalized spacial score (nSPS) is 19.7. The molecule has 1 amide bonds. The summed E-state index contributed by atoms with van der Waals surface area (Å²) in [5.74, 6) is -0.284. The number of piperazine rings is 1. The highest BCUT2D eigenvalue weighted by Crippen LogP contribution is 2.26. The Labute approximate surface area is 188 Å². The molecular formula is C21H26N4O5S2. The largest absolute Gasteiger partial charge is 0.340 e. The summed E-state index contributed by atoms with van der Waals surface area (Å²) in [6.45, 7) is 1.71. The maximum atomic E-state index is 13.0. The minimum atomic E-state index is -3.61. The van der Waals surface area contributed by atoms with Crippen LogP contribution in [-0.4, -0.2) is 80.5 Å². The molecule has 2 saturated heterocycles. The third-order valence-electron chi connectivity index (χ3n) is 6.01. The molecule has 1 aromatic heterocycles. The van der Waals surface area contributed by atoms with Gasteiger partial charge < -0.3 is 4.90 Å². The van der Waals surface area contributed by atoms with E-state index in [9.17, 15) is 21.6 Å². The summed E-state index contributed by atoms with van der Waals surface area (Å²) in [4.78, 5) is 19.0. The number of benzene rings is 1. The number of hydrogen-bond acceptors (Lipinski definition) is 6. The number of carbonyl (C=O) groups is 1. The van der Waals surface area contributed by atoms with Crippen LogP contribution in [0.4, 0.5) is 0 Å². The summed E-state index contributed by atoms with van der Waals surface area (Å²) in [7, 11) is -7.18. The van der Waals surface area contributed by atoms with Crippen molar-refractivity contribution in [2.24, 2.45) is 5.92 Å². The second-order valence-corrected chi connectivity index (χ2v) is 11.8. The molecule has 0 unspecified atom stereocenters. The molecule has 32 heavy (non-hydrogen) atoms. The van der Waals surface area contributed by atoms with Gasteiger partial charge in [-0.2, -0.15) is 8.61 Å². The molecule has 9 nitrogen and oxygen atoms in total. The lowest BCUT2D eigenvalue weighted by Crippen LogP contribution is -2.53. The number of pyridine rings is 1. The smallest absolute Gasteiger partial charge is 0.244 e. The lowest BCUT2D eigenvalue weighted by molar-refractivity contribution is -0.137. The van der Waals surface area contributed by atoms with Crippen LogP contribution >= 0.6 is 0 Å². The van der Waals surface area contributed by atoms with Gasteiger partial charge in [0.1, 0.15) is 4.90 Å². The predicted octanol–water partition coefficient (Wildman–Crippen LogP) is 1.02. The van der Waals surface area contributed by atoms with Gasteiger partial charge in [0, 0.05) is 57.6 Å². The first-order valence-electron chi connectivity index (χ1n) is 10.5. The fourth-order valence-electron chi connectivity index (χ4n) is 4.14. The van der Waals surface area contributed by atoms with Crippen molar-refractivity contribution in [3.63, 3.8) is 0 Å². The predicted molar refractivity (Wildman–Crippen MR) is 118 cm³/mol. The van der Waals surface area contributed by atoms with Crippen molar-refractivity contribution in [2.45, 2.75) is 22.6 Å². The van der Waals surface area contributed by atoms with E-state index in [1.807, 2.05) is 0 Å². The second kappa shape index (κ2) is 9.26. The van der Waals surface area contributed by atoms with Gasteiger partial charge in [0.05, 0.1) is 4.90 Å². The van der Waals surface area contributed by atoms with Crippen molar-refractivity contribution in [3.05, 3.63) is 54.9 Å². The zero-order valence-electron chi connectivity index (χ0n) is 17.6.